The second-order valence-corrected chi connectivity index (χ2v) is 3.23. The molecule has 0 saturated carbocycles. The first-order valence-electron chi connectivity index (χ1n) is 4.44. The van der Waals surface area contributed by atoms with Crippen LogP contribution in [-0.4, -0.2) is 11.7 Å². The monoisotopic (exact) mass is 179 g/mol. The molecule has 0 fully saturated rings. The van der Waals surface area contributed by atoms with Crippen LogP contribution >= 0.6 is 0 Å². The van der Waals surface area contributed by atoms with Gasteiger partial charge in [0.1, 0.15) is 5.75 Å². The Bertz CT molecular complexity index is 298. The highest BCUT2D eigenvalue weighted by molar-refractivity contribution is 5.43. The second kappa shape index (κ2) is 3.36. The van der Waals surface area contributed by atoms with Crippen LogP contribution < -0.4 is 10.5 Å². The molecule has 3 N–H and O–H groups in total. The summed E-state index contributed by atoms with van der Waals surface area (Å²) in [6.45, 7) is 0.698. The van der Waals surface area contributed by atoms with E-state index in [4.69, 9.17) is 15.6 Å². The lowest BCUT2D eigenvalue weighted by Crippen LogP contribution is -2.22. The van der Waals surface area contributed by atoms with Crippen molar-refractivity contribution in [2.75, 3.05) is 6.61 Å². The molecule has 1 aliphatic rings. The summed E-state index contributed by atoms with van der Waals surface area (Å²) in [6, 6.07) is 5.66. The van der Waals surface area contributed by atoms with Crippen LogP contribution in [0.5, 0.6) is 5.75 Å². The van der Waals surface area contributed by atoms with Gasteiger partial charge in [-0.3, -0.25) is 0 Å². The Labute approximate surface area is 77.1 Å². The van der Waals surface area contributed by atoms with Crippen LogP contribution in [0.4, 0.5) is 0 Å². The molecule has 13 heavy (non-hydrogen) atoms. The summed E-state index contributed by atoms with van der Waals surface area (Å²) in [5.41, 5.74) is 7.78. The van der Waals surface area contributed by atoms with Gasteiger partial charge in [-0.2, -0.15) is 0 Å². The fourth-order valence-electron chi connectivity index (χ4n) is 1.71. The molecule has 1 heterocycles. The van der Waals surface area contributed by atoms with E-state index >= 15 is 0 Å². The quantitative estimate of drug-likeness (QED) is 0.675. The van der Waals surface area contributed by atoms with E-state index in [0.29, 0.717) is 6.61 Å². The van der Waals surface area contributed by atoms with Crippen molar-refractivity contribution in [3.05, 3.63) is 29.3 Å². The zero-order chi connectivity index (χ0) is 9.26. The first-order valence-corrected chi connectivity index (χ1v) is 4.44. The van der Waals surface area contributed by atoms with E-state index in [1.54, 1.807) is 0 Å². The molecule has 3 heteroatoms. The molecule has 0 aliphatic carbocycles. The van der Waals surface area contributed by atoms with E-state index in [-0.39, 0.29) is 12.6 Å². The van der Waals surface area contributed by atoms with Crippen LogP contribution in [0.25, 0.3) is 0 Å². The predicted octanol–water partition coefficient (Wildman–Crippen LogP) is 0.961. The number of fused-ring (bicyclic) bond motifs is 1. The molecule has 1 aromatic carbocycles. The van der Waals surface area contributed by atoms with Gasteiger partial charge in [0.15, 0.2) is 0 Å². The number of hydrogen-bond acceptors (Lipinski definition) is 3. The van der Waals surface area contributed by atoms with Gasteiger partial charge in [0.25, 0.3) is 0 Å². The van der Waals surface area contributed by atoms with E-state index in [1.807, 2.05) is 18.2 Å². The van der Waals surface area contributed by atoms with Gasteiger partial charge in [-0.1, -0.05) is 12.1 Å². The largest absolute Gasteiger partial charge is 0.493 e. The van der Waals surface area contributed by atoms with E-state index in [0.717, 1.165) is 23.3 Å². The van der Waals surface area contributed by atoms with E-state index in [1.165, 1.54) is 0 Å². The normalized spacial score (nSPS) is 20.6. The number of ether oxygens (including phenoxy) is 1. The molecule has 1 aliphatic heterocycles. The molecule has 0 spiro atoms. The lowest BCUT2D eigenvalue weighted by molar-refractivity contribution is 0.254. The Morgan fingerprint density at radius 1 is 1.54 bits per heavy atom. The third kappa shape index (κ3) is 1.41. The lowest BCUT2D eigenvalue weighted by Gasteiger charge is -2.24. The summed E-state index contributed by atoms with van der Waals surface area (Å²) in [4.78, 5) is 0. The molecule has 0 radical (unpaired) electrons. The molecule has 2 rings (SSSR count). The molecular weight excluding hydrogens is 166 g/mol. The number of nitrogens with two attached hydrogens (primary N) is 1. The molecule has 0 saturated heterocycles. The van der Waals surface area contributed by atoms with E-state index in [9.17, 15) is 0 Å². The molecular formula is C10H13NO2. The highest BCUT2D eigenvalue weighted by Gasteiger charge is 2.20. The standard InChI is InChI=1S/C10H13NO2/c11-8-4-5-13-9-3-1-2-7(6-12)10(8)9/h1-3,8,12H,4-6,11H2/t8-/m0/s1. The van der Waals surface area contributed by atoms with Crippen LogP contribution in [0.3, 0.4) is 0 Å². The average Bonchev–Trinajstić information content (AvgIpc) is 2.17. The molecule has 0 bridgehead atoms. The van der Waals surface area contributed by atoms with Crippen molar-refractivity contribution in [2.45, 2.75) is 19.1 Å². The molecule has 0 aromatic heterocycles. The Balaban J connectivity index is 2.50. The molecule has 70 valence electrons. The second-order valence-electron chi connectivity index (χ2n) is 3.23. The maximum Gasteiger partial charge on any atom is 0.124 e. The molecule has 1 aromatic rings. The van der Waals surface area contributed by atoms with Gasteiger partial charge in [0.05, 0.1) is 13.2 Å². The van der Waals surface area contributed by atoms with Crippen molar-refractivity contribution in [2.24, 2.45) is 5.73 Å². The number of aliphatic hydroxyl groups is 1. The highest BCUT2D eigenvalue weighted by atomic mass is 16.5. The van der Waals surface area contributed by atoms with Gasteiger partial charge in [-0.15, -0.1) is 0 Å². The molecule has 3 nitrogen and oxygen atoms in total. The van der Waals surface area contributed by atoms with Crippen molar-refractivity contribution in [1.82, 2.24) is 0 Å². The SMILES string of the molecule is N[C@H]1CCOc2cccc(CO)c21. The van der Waals surface area contributed by atoms with Gasteiger partial charge in [-0.25, -0.2) is 0 Å². The smallest absolute Gasteiger partial charge is 0.124 e. The Hall–Kier alpha value is -1.06. The molecule has 0 amide bonds. The lowest BCUT2D eigenvalue weighted by atomic mass is 9.96. The Kier molecular flexibility index (Phi) is 2.20. The number of hydrogen-bond donors (Lipinski definition) is 2. The van der Waals surface area contributed by atoms with Crippen LogP contribution in [0.15, 0.2) is 18.2 Å². The summed E-state index contributed by atoms with van der Waals surface area (Å²) in [6.07, 6.45) is 0.823. The number of rotatable bonds is 1. The maximum atomic E-state index is 9.10. The third-order valence-corrected chi connectivity index (χ3v) is 2.38. The minimum atomic E-state index is 0.00657. The fraction of sp³-hybridized carbons (Fsp3) is 0.400. The van der Waals surface area contributed by atoms with E-state index in [2.05, 4.69) is 0 Å². The van der Waals surface area contributed by atoms with Gasteiger partial charge < -0.3 is 15.6 Å². The zero-order valence-electron chi connectivity index (χ0n) is 7.36. The Morgan fingerprint density at radius 2 is 2.38 bits per heavy atom. The van der Waals surface area contributed by atoms with Crippen molar-refractivity contribution >= 4 is 0 Å². The molecule has 1 atom stereocenters. The summed E-state index contributed by atoms with van der Waals surface area (Å²) in [5.74, 6) is 0.824. The first-order chi connectivity index (χ1) is 6.33. The summed E-state index contributed by atoms with van der Waals surface area (Å²) in [7, 11) is 0. The van der Waals surface area contributed by atoms with Crippen molar-refractivity contribution in [3.8, 4) is 5.75 Å². The fourth-order valence-corrected chi connectivity index (χ4v) is 1.71. The van der Waals surface area contributed by atoms with Crippen LogP contribution in [0, 0.1) is 0 Å². The average molecular weight is 179 g/mol. The van der Waals surface area contributed by atoms with Crippen molar-refractivity contribution in [1.29, 1.82) is 0 Å². The maximum absolute atomic E-state index is 9.10. The number of aliphatic hydroxyl groups excluding tert-OH is 1. The first kappa shape index (κ1) is 8.53. The van der Waals surface area contributed by atoms with Gasteiger partial charge in [0, 0.05) is 18.0 Å². The topological polar surface area (TPSA) is 55.5 Å². The van der Waals surface area contributed by atoms with Crippen LogP contribution in [0.1, 0.15) is 23.6 Å². The minimum Gasteiger partial charge on any atom is -0.493 e. The van der Waals surface area contributed by atoms with Gasteiger partial charge in [0.2, 0.25) is 0 Å². The summed E-state index contributed by atoms with van der Waals surface area (Å²) in [5, 5.41) is 9.10. The van der Waals surface area contributed by atoms with E-state index < -0.39 is 0 Å². The van der Waals surface area contributed by atoms with Gasteiger partial charge >= 0.3 is 0 Å². The Morgan fingerprint density at radius 3 is 3.15 bits per heavy atom. The highest BCUT2D eigenvalue weighted by Crippen LogP contribution is 2.33. The number of benzene rings is 1. The van der Waals surface area contributed by atoms with Crippen molar-refractivity contribution in [3.63, 3.8) is 0 Å². The van der Waals surface area contributed by atoms with Gasteiger partial charge in [-0.05, 0) is 11.6 Å². The summed E-state index contributed by atoms with van der Waals surface area (Å²) >= 11 is 0. The minimum absolute atomic E-state index is 0.00657. The van der Waals surface area contributed by atoms with Crippen LogP contribution in [0.2, 0.25) is 0 Å². The molecule has 0 unspecified atom stereocenters. The predicted molar refractivity (Wildman–Crippen MR) is 49.4 cm³/mol. The van der Waals surface area contributed by atoms with Crippen LogP contribution in [-0.2, 0) is 6.61 Å². The summed E-state index contributed by atoms with van der Waals surface area (Å²) < 4.78 is 5.45. The van der Waals surface area contributed by atoms with Crippen molar-refractivity contribution < 1.29 is 9.84 Å². The zero-order valence-corrected chi connectivity index (χ0v) is 7.36. The third-order valence-electron chi connectivity index (χ3n) is 2.38.